The van der Waals surface area contributed by atoms with Crippen molar-refractivity contribution >= 4 is 5.57 Å². The maximum Gasteiger partial charge on any atom is 0.460 e. The van der Waals surface area contributed by atoms with E-state index in [0.29, 0.717) is 19.2 Å². The maximum atomic E-state index is 13.9. The third-order valence-corrected chi connectivity index (χ3v) is 3.31. The molecule has 0 saturated carbocycles. The number of rotatable bonds is 2. The van der Waals surface area contributed by atoms with E-state index in [4.69, 9.17) is 0 Å². The highest BCUT2D eigenvalue weighted by Crippen LogP contribution is 2.56. The monoisotopic (exact) mass is 366 g/mol. The van der Waals surface area contributed by atoms with Crippen molar-refractivity contribution in [3.8, 4) is 0 Å². The van der Waals surface area contributed by atoms with E-state index in [-0.39, 0.29) is 0 Å². The summed E-state index contributed by atoms with van der Waals surface area (Å²) in [6, 6.07) is 0.127. The number of halogens is 9. The van der Waals surface area contributed by atoms with E-state index in [9.17, 15) is 39.5 Å². The number of fused-ring (bicyclic) bond motifs is 1. The average molecular weight is 366 g/mol. The van der Waals surface area contributed by atoms with Crippen LogP contribution in [0.15, 0.2) is 30.3 Å². The summed E-state index contributed by atoms with van der Waals surface area (Å²) < 4.78 is 126. The van der Waals surface area contributed by atoms with Gasteiger partial charge in [-0.05, 0) is 0 Å². The lowest BCUT2D eigenvalue weighted by Crippen LogP contribution is -2.50. The molecule has 0 bridgehead atoms. The summed E-state index contributed by atoms with van der Waals surface area (Å²) in [6.07, 6.45) is -11.7. The molecule has 0 saturated heterocycles. The van der Waals surface area contributed by atoms with E-state index in [1.807, 2.05) is 0 Å². The van der Waals surface area contributed by atoms with Crippen LogP contribution < -0.4 is 0 Å². The van der Waals surface area contributed by atoms with Crippen LogP contribution in [0.25, 0.3) is 5.57 Å². The molecule has 1 aromatic rings. The normalized spacial score (nSPS) is 22.2. The van der Waals surface area contributed by atoms with Gasteiger partial charge in [0.2, 0.25) is 0 Å². The summed E-state index contributed by atoms with van der Waals surface area (Å²) in [7, 11) is 0.449. The second-order valence-corrected chi connectivity index (χ2v) is 4.69. The molecule has 24 heavy (non-hydrogen) atoms. The Bertz CT molecular complexity index is 675. The van der Waals surface area contributed by atoms with Gasteiger partial charge in [0.25, 0.3) is 6.01 Å². The van der Waals surface area contributed by atoms with Gasteiger partial charge >= 0.3 is 24.1 Å². The van der Waals surface area contributed by atoms with Crippen molar-refractivity contribution < 1.29 is 49.0 Å². The molecule has 1 aliphatic rings. The Morgan fingerprint density at radius 3 is 1.96 bits per heavy atom. The van der Waals surface area contributed by atoms with E-state index in [0.717, 1.165) is 12.1 Å². The second kappa shape index (κ2) is 5.30. The standard InChI is InChI=1S/C13H7F9O2/c1-23-11(13(20,21)22)7-5-3-2-4-6(7)8(9(14)24-11)10(15,16)12(17,18)19/h2-5H,1H3. The zero-order chi connectivity index (χ0) is 18.6. The van der Waals surface area contributed by atoms with E-state index in [1.165, 1.54) is 0 Å². The molecule has 0 amide bonds. The summed E-state index contributed by atoms with van der Waals surface area (Å²) >= 11 is 0. The van der Waals surface area contributed by atoms with Crippen LogP contribution in [0.5, 0.6) is 0 Å². The second-order valence-electron chi connectivity index (χ2n) is 4.69. The molecule has 0 radical (unpaired) electrons. The van der Waals surface area contributed by atoms with Crippen LogP contribution >= 0.6 is 0 Å². The van der Waals surface area contributed by atoms with Crippen LogP contribution in [0.1, 0.15) is 11.1 Å². The molecule has 0 fully saturated rings. The summed E-state index contributed by atoms with van der Waals surface area (Å²) in [6.45, 7) is 0. The number of hydrogen-bond acceptors (Lipinski definition) is 2. The van der Waals surface area contributed by atoms with Crippen LogP contribution in [-0.2, 0) is 15.3 Å². The minimum absolute atomic E-state index is 0.449. The zero-order valence-corrected chi connectivity index (χ0v) is 11.5. The van der Waals surface area contributed by atoms with Gasteiger partial charge in [0.1, 0.15) is 5.57 Å². The Labute approximate surface area is 128 Å². The van der Waals surface area contributed by atoms with Crippen LogP contribution in [0.2, 0.25) is 0 Å². The Balaban J connectivity index is 2.82. The molecule has 134 valence electrons. The third kappa shape index (κ3) is 2.41. The average Bonchev–Trinajstić information content (AvgIpc) is 2.43. The predicted molar refractivity (Wildman–Crippen MR) is 61.3 cm³/mol. The summed E-state index contributed by atoms with van der Waals surface area (Å²) in [5.74, 6) is -9.63. The van der Waals surface area contributed by atoms with Crippen molar-refractivity contribution in [2.45, 2.75) is 24.1 Å². The Morgan fingerprint density at radius 1 is 0.958 bits per heavy atom. The molecule has 1 heterocycles. The van der Waals surface area contributed by atoms with Crippen molar-refractivity contribution in [3.63, 3.8) is 0 Å². The van der Waals surface area contributed by atoms with Crippen LogP contribution in [0, 0.1) is 0 Å². The minimum atomic E-state index is -6.25. The van der Waals surface area contributed by atoms with E-state index < -0.39 is 46.8 Å². The number of methoxy groups -OCH3 is 1. The molecular weight excluding hydrogens is 359 g/mol. The fourth-order valence-electron chi connectivity index (χ4n) is 2.24. The SMILES string of the molecule is COC1(C(F)(F)F)OC(F)=C(C(F)(F)C(F)(F)F)c2ccccc21. The molecule has 0 aliphatic carbocycles. The lowest BCUT2D eigenvalue weighted by molar-refractivity contribution is -0.379. The summed E-state index contributed by atoms with van der Waals surface area (Å²) in [4.78, 5) is 0. The largest absolute Gasteiger partial charge is 0.460 e. The lowest BCUT2D eigenvalue weighted by atomic mass is 9.88. The van der Waals surface area contributed by atoms with Crippen molar-refractivity contribution in [2.24, 2.45) is 0 Å². The molecule has 0 spiro atoms. The molecule has 1 aromatic carbocycles. The van der Waals surface area contributed by atoms with E-state index >= 15 is 0 Å². The number of allylic oxidation sites excluding steroid dienone is 1. The van der Waals surface area contributed by atoms with Gasteiger partial charge in [-0.15, -0.1) is 0 Å². The predicted octanol–water partition coefficient (Wildman–Crippen LogP) is 4.91. The van der Waals surface area contributed by atoms with Crippen molar-refractivity contribution in [1.29, 1.82) is 0 Å². The van der Waals surface area contributed by atoms with Crippen molar-refractivity contribution in [2.75, 3.05) is 7.11 Å². The number of alkyl halides is 8. The van der Waals surface area contributed by atoms with Crippen LogP contribution in [-0.4, -0.2) is 25.4 Å². The highest BCUT2D eigenvalue weighted by molar-refractivity contribution is 5.76. The molecule has 1 unspecified atom stereocenters. The van der Waals surface area contributed by atoms with Crippen LogP contribution in [0.3, 0.4) is 0 Å². The van der Waals surface area contributed by atoms with Gasteiger partial charge in [-0.25, -0.2) is 0 Å². The highest BCUT2D eigenvalue weighted by Gasteiger charge is 2.68. The molecule has 0 N–H and O–H groups in total. The van der Waals surface area contributed by atoms with Crippen LogP contribution in [0.4, 0.5) is 39.5 Å². The molecule has 1 aliphatic heterocycles. The maximum absolute atomic E-state index is 13.9. The van der Waals surface area contributed by atoms with Gasteiger partial charge in [-0.2, -0.15) is 39.5 Å². The molecule has 1 atom stereocenters. The summed E-state index contributed by atoms with van der Waals surface area (Å²) in [5, 5.41) is 0. The van der Waals surface area contributed by atoms with Gasteiger partial charge in [-0.1, -0.05) is 24.3 Å². The van der Waals surface area contributed by atoms with Crippen molar-refractivity contribution in [3.05, 3.63) is 41.4 Å². The molecular formula is C13H7F9O2. The number of benzene rings is 1. The molecule has 2 rings (SSSR count). The van der Waals surface area contributed by atoms with Gasteiger partial charge in [0, 0.05) is 18.2 Å². The quantitative estimate of drug-likeness (QED) is 0.693. The van der Waals surface area contributed by atoms with Gasteiger partial charge in [0.05, 0.1) is 0 Å². The molecule has 11 heteroatoms. The Kier molecular flexibility index (Phi) is 4.07. The van der Waals surface area contributed by atoms with Crippen molar-refractivity contribution in [1.82, 2.24) is 0 Å². The highest BCUT2D eigenvalue weighted by atomic mass is 19.4. The first-order chi connectivity index (χ1) is 10.8. The van der Waals surface area contributed by atoms with Gasteiger partial charge in [-0.3, -0.25) is 0 Å². The first kappa shape index (κ1) is 18.4. The lowest BCUT2D eigenvalue weighted by Gasteiger charge is -2.39. The van der Waals surface area contributed by atoms with Gasteiger partial charge < -0.3 is 9.47 Å². The first-order valence-electron chi connectivity index (χ1n) is 6.05. The topological polar surface area (TPSA) is 18.5 Å². The van der Waals surface area contributed by atoms with Gasteiger partial charge in [0.15, 0.2) is 0 Å². The number of hydrogen-bond donors (Lipinski definition) is 0. The smallest absolute Gasteiger partial charge is 0.424 e. The fraction of sp³-hybridized carbons (Fsp3) is 0.385. The zero-order valence-electron chi connectivity index (χ0n) is 11.5. The Hall–Kier alpha value is -1.91. The minimum Gasteiger partial charge on any atom is -0.424 e. The van der Waals surface area contributed by atoms with E-state index in [2.05, 4.69) is 9.47 Å². The number of ether oxygens (including phenoxy) is 2. The fourth-order valence-corrected chi connectivity index (χ4v) is 2.24. The Morgan fingerprint density at radius 2 is 1.50 bits per heavy atom. The third-order valence-electron chi connectivity index (χ3n) is 3.31. The van der Waals surface area contributed by atoms with E-state index in [1.54, 1.807) is 0 Å². The first-order valence-corrected chi connectivity index (χ1v) is 6.05. The summed E-state index contributed by atoms with van der Waals surface area (Å²) in [5.41, 5.74) is -4.88. The molecule has 0 aromatic heterocycles. The molecule has 2 nitrogen and oxygen atoms in total.